The molecular formula is C15H27N3O. The minimum atomic E-state index is -0.611. The Morgan fingerprint density at radius 3 is 1.84 bits per heavy atom. The van der Waals surface area contributed by atoms with Crippen LogP contribution in [0.4, 0.5) is 0 Å². The molecule has 0 bridgehead atoms. The van der Waals surface area contributed by atoms with E-state index in [1.165, 1.54) is 6.20 Å². The molecule has 0 fully saturated rings. The van der Waals surface area contributed by atoms with Gasteiger partial charge in [0.25, 0.3) is 0 Å². The van der Waals surface area contributed by atoms with Crippen molar-refractivity contribution in [3.63, 3.8) is 0 Å². The molecule has 0 saturated carbocycles. The summed E-state index contributed by atoms with van der Waals surface area (Å²) in [7, 11) is 0. The first-order valence-corrected chi connectivity index (χ1v) is 6.41. The van der Waals surface area contributed by atoms with E-state index in [0.29, 0.717) is 0 Å². The predicted molar refractivity (Wildman–Crippen MR) is 79.4 cm³/mol. The Morgan fingerprint density at radius 2 is 1.53 bits per heavy atom. The van der Waals surface area contributed by atoms with Gasteiger partial charge in [0, 0.05) is 23.2 Å². The van der Waals surface area contributed by atoms with Gasteiger partial charge in [-0.1, -0.05) is 53.0 Å². The molecule has 4 heteroatoms. The molecule has 0 heterocycles. The Bertz CT molecular complexity index is 387. The second kappa shape index (κ2) is 5.68. The van der Waals surface area contributed by atoms with Crippen LogP contribution in [0.25, 0.3) is 0 Å². The Hall–Kier alpha value is -1.45. The first kappa shape index (κ1) is 17.6. The summed E-state index contributed by atoms with van der Waals surface area (Å²) in [5, 5.41) is 9.42. The normalized spacial score (nSPS) is 13.4. The van der Waals surface area contributed by atoms with Crippen LogP contribution in [0.3, 0.4) is 0 Å². The predicted octanol–water partition coefficient (Wildman–Crippen LogP) is 4.36. The van der Waals surface area contributed by atoms with E-state index in [1.807, 2.05) is 48.5 Å². The summed E-state index contributed by atoms with van der Waals surface area (Å²) < 4.78 is 0. The van der Waals surface area contributed by atoms with Crippen molar-refractivity contribution in [2.75, 3.05) is 0 Å². The smallest absolute Gasteiger partial charge is 0.146 e. The van der Waals surface area contributed by atoms with Crippen molar-refractivity contribution in [1.82, 2.24) is 5.01 Å². The van der Waals surface area contributed by atoms with Crippen LogP contribution in [-0.2, 0) is 4.79 Å². The van der Waals surface area contributed by atoms with E-state index in [2.05, 4.69) is 23.5 Å². The summed E-state index contributed by atoms with van der Waals surface area (Å²) >= 11 is 0. The summed E-state index contributed by atoms with van der Waals surface area (Å²) in [6.45, 7) is 20.8. The topological polar surface area (TPSA) is 45.0 Å². The third kappa shape index (κ3) is 3.52. The molecule has 0 aromatic carbocycles. The Kier molecular flexibility index (Phi) is 5.24. The van der Waals surface area contributed by atoms with E-state index < -0.39 is 16.4 Å². The zero-order chi connectivity index (χ0) is 15.5. The lowest BCUT2D eigenvalue weighted by atomic mass is 9.64. The zero-order valence-electron chi connectivity index (χ0n) is 13.3. The average molecular weight is 265 g/mol. The Labute approximate surface area is 117 Å². The van der Waals surface area contributed by atoms with E-state index in [9.17, 15) is 4.79 Å². The van der Waals surface area contributed by atoms with Crippen molar-refractivity contribution in [3.8, 4) is 0 Å². The van der Waals surface area contributed by atoms with E-state index in [4.69, 9.17) is 0 Å². The molecule has 108 valence electrons. The summed E-state index contributed by atoms with van der Waals surface area (Å²) in [6.07, 6.45) is 2.93. The first-order chi connectivity index (χ1) is 8.42. The molecule has 0 atom stereocenters. The summed E-state index contributed by atoms with van der Waals surface area (Å²) in [5.41, 5.74) is -1.57. The monoisotopic (exact) mass is 265 g/mol. The van der Waals surface area contributed by atoms with Gasteiger partial charge in [-0.3, -0.25) is 4.79 Å². The van der Waals surface area contributed by atoms with Crippen molar-refractivity contribution in [1.29, 1.82) is 0 Å². The van der Waals surface area contributed by atoms with Gasteiger partial charge in [0.05, 0.1) is 5.54 Å². The van der Waals surface area contributed by atoms with Gasteiger partial charge >= 0.3 is 0 Å². The molecule has 0 saturated heterocycles. The molecule has 0 N–H and O–H groups in total. The second-order valence-electron chi connectivity index (χ2n) is 6.68. The van der Waals surface area contributed by atoms with E-state index in [1.54, 1.807) is 11.2 Å². The number of carbonyl (C=O) groups excluding carboxylic acids is 1. The minimum absolute atomic E-state index is 0.172. The van der Waals surface area contributed by atoms with Gasteiger partial charge in [0.1, 0.15) is 5.78 Å². The molecule has 0 aliphatic rings. The van der Waals surface area contributed by atoms with Crippen LogP contribution >= 0.6 is 0 Å². The fourth-order valence-corrected chi connectivity index (χ4v) is 1.97. The maximum absolute atomic E-state index is 12.7. The molecule has 0 aliphatic carbocycles. The average Bonchev–Trinajstić information content (AvgIpc) is 2.27. The molecule has 0 unspecified atom stereocenters. The third-order valence-electron chi connectivity index (χ3n) is 3.75. The molecule has 0 amide bonds. The minimum Gasteiger partial charge on any atom is -0.298 e. The quantitative estimate of drug-likeness (QED) is 0.529. The van der Waals surface area contributed by atoms with Crippen LogP contribution in [0, 0.1) is 10.8 Å². The molecule has 4 nitrogen and oxygen atoms in total. The number of rotatable bonds is 6. The maximum atomic E-state index is 12.7. The molecule has 0 radical (unpaired) electrons. The lowest BCUT2D eigenvalue weighted by molar-refractivity contribution is -0.142. The van der Waals surface area contributed by atoms with Crippen molar-refractivity contribution in [2.45, 2.75) is 54.0 Å². The van der Waals surface area contributed by atoms with Gasteiger partial charge in [-0.15, -0.1) is 5.11 Å². The molecule has 0 aliphatic heterocycles. The van der Waals surface area contributed by atoms with Crippen molar-refractivity contribution in [2.24, 2.45) is 21.2 Å². The molecular weight excluding hydrogens is 238 g/mol. The van der Waals surface area contributed by atoms with E-state index >= 15 is 0 Å². The lowest BCUT2D eigenvalue weighted by Crippen LogP contribution is -2.55. The van der Waals surface area contributed by atoms with E-state index in [0.717, 1.165) is 0 Å². The van der Waals surface area contributed by atoms with Crippen molar-refractivity contribution in [3.05, 3.63) is 25.6 Å². The molecule has 19 heavy (non-hydrogen) atoms. The standard InChI is InChI=1S/C15H27N3O/c1-10-16-17-18(11-2)15(8,9)14(6,7)12(19)13(3,4)5/h10-11H,1-2H2,3-9H3. The third-order valence-corrected chi connectivity index (χ3v) is 3.75. The Balaban J connectivity index is 5.59. The second-order valence-corrected chi connectivity index (χ2v) is 6.68. The fourth-order valence-electron chi connectivity index (χ4n) is 1.97. The van der Waals surface area contributed by atoms with E-state index in [-0.39, 0.29) is 5.78 Å². The number of nitrogens with zero attached hydrogens (tertiary/aromatic N) is 3. The van der Waals surface area contributed by atoms with Crippen LogP contribution in [0.1, 0.15) is 48.5 Å². The highest BCUT2D eigenvalue weighted by Gasteiger charge is 2.49. The SMILES string of the molecule is C=CN=NN(C=C)C(C)(C)C(C)(C)C(=O)C(C)(C)C. The molecule has 0 spiro atoms. The van der Waals surface area contributed by atoms with Gasteiger partial charge in [-0.25, -0.2) is 5.01 Å². The molecule has 0 rings (SSSR count). The Morgan fingerprint density at radius 1 is 1.05 bits per heavy atom. The first-order valence-electron chi connectivity index (χ1n) is 6.41. The van der Waals surface area contributed by atoms with Crippen molar-refractivity contribution >= 4 is 5.78 Å². The number of ketones is 1. The highest BCUT2D eigenvalue weighted by molar-refractivity contribution is 5.90. The number of carbonyl (C=O) groups is 1. The van der Waals surface area contributed by atoms with Gasteiger partial charge in [-0.05, 0) is 13.8 Å². The highest BCUT2D eigenvalue weighted by Crippen LogP contribution is 2.41. The van der Waals surface area contributed by atoms with Gasteiger partial charge in [-0.2, -0.15) is 0 Å². The summed E-state index contributed by atoms with van der Waals surface area (Å²) in [4.78, 5) is 12.7. The van der Waals surface area contributed by atoms with Crippen LogP contribution < -0.4 is 0 Å². The molecule has 0 aromatic rings. The number of hydrogen-bond donors (Lipinski definition) is 0. The zero-order valence-corrected chi connectivity index (χ0v) is 13.3. The molecule has 0 aromatic heterocycles. The van der Waals surface area contributed by atoms with Gasteiger partial charge in [0.2, 0.25) is 0 Å². The van der Waals surface area contributed by atoms with Crippen LogP contribution in [0.5, 0.6) is 0 Å². The number of hydrogen-bond acceptors (Lipinski definition) is 3. The highest BCUT2D eigenvalue weighted by atomic mass is 16.1. The van der Waals surface area contributed by atoms with Crippen LogP contribution in [0.2, 0.25) is 0 Å². The van der Waals surface area contributed by atoms with Crippen LogP contribution in [0.15, 0.2) is 35.9 Å². The largest absolute Gasteiger partial charge is 0.298 e. The van der Waals surface area contributed by atoms with Gasteiger partial charge in [0.15, 0.2) is 0 Å². The summed E-state index contributed by atoms with van der Waals surface area (Å²) in [5.74, 6) is 0.172. The number of Topliss-reactive ketones (excluding diaryl/α,β-unsaturated/α-hetero) is 1. The lowest BCUT2D eigenvalue weighted by Gasteiger charge is -2.46. The summed E-state index contributed by atoms with van der Waals surface area (Å²) in [6, 6.07) is 0. The van der Waals surface area contributed by atoms with Crippen LogP contribution in [-0.4, -0.2) is 16.3 Å². The fraction of sp³-hybridized carbons (Fsp3) is 0.667. The van der Waals surface area contributed by atoms with Gasteiger partial charge < -0.3 is 0 Å². The maximum Gasteiger partial charge on any atom is 0.146 e. The van der Waals surface area contributed by atoms with Crippen molar-refractivity contribution < 1.29 is 4.79 Å².